The number of nitriles is 1. The van der Waals surface area contributed by atoms with Gasteiger partial charge in [-0.3, -0.25) is 14.2 Å². The molecule has 2 aromatic heterocycles. The van der Waals surface area contributed by atoms with E-state index in [1.54, 1.807) is 6.92 Å². The van der Waals surface area contributed by atoms with Crippen LogP contribution in [0.25, 0.3) is 11.0 Å². The van der Waals surface area contributed by atoms with Gasteiger partial charge in [0.15, 0.2) is 5.78 Å². The number of rotatable bonds is 2. The number of aryl methyl sites for hydroxylation is 1. The summed E-state index contributed by atoms with van der Waals surface area (Å²) in [5, 5.41) is 9.22. The lowest BCUT2D eigenvalue weighted by Crippen LogP contribution is -2.41. The van der Waals surface area contributed by atoms with Crippen LogP contribution in [0.15, 0.2) is 15.8 Å². The van der Waals surface area contributed by atoms with Crippen molar-refractivity contribution in [1.29, 1.82) is 5.26 Å². The molecule has 7 heteroatoms. The fraction of sp³-hybridized carbons (Fsp3) is 0.471. The molecule has 0 fully saturated rings. The van der Waals surface area contributed by atoms with E-state index in [0.29, 0.717) is 30.5 Å². The maximum atomic E-state index is 12.8. The Balaban J connectivity index is 2.52. The zero-order valence-electron chi connectivity index (χ0n) is 13.9. The summed E-state index contributed by atoms with van der Waals surface area (Å²) < 4.78 is 2.29. The molecule has 0 unspecified atom stereocenters. The van der Waals surface area contributed by atoms with Gasteiger partial charge in [0, 0.05) is 24.7 Å². The van der Waals surface area contributed by atoms with Gasteiger partial charge in [0.1, 0.15) is 12.2 Å². The van der Waals surface area contributed by atoms with E-state index in [1.807, 2.05) is 19.9 Å². The van der Waals surface area contributed by atoms with Crippen molar-refractivity contribution in [2.75, 3.05) is 0 Å². The molecule has 0 aromatic carbocycles. The van der Waals surface area contributed by atoms with Crippen molar-refractivity contribution >= 4 is 16.8 Å². The van der Waals surface area contributed by atoms with Crippen molar-refractivity contribution in [3.8, 4) is 6.07 Å². The molecule has 0 N–H and O–H groups in total. The molecule has 3 rings (SSSR count). The number of carbonyl (C=O) groups is 1. The number of nitrogens with zero attached hydrogens (tertiary/aromatic N) is 4. The van der Waals surface area contributed by atoms with Crippen LogP contribution < -0.4 is 11.2 Å². The summed E-state index contributed by atoms with van der Waals surface area (Å²) in [6.45, 7) is 5.73. The van der Waals surface area contributed by atoms with E-state index in [4.69, 9.17) is 5.26 Å². The van der Waals surface area contributed by atoms with Crippen LogP contribution in [-0.2, 0) is 19.5 Å². The van der Waals surface area contributed by atoms with Crippen molar-refractivity contribution in [2.24, 2.45) is 5.41 Å². The molecule has 7 nitrogen and oxygen atoms in total. The van der Waals surface area contributed by atoms with Gasteiger partial charge >= 0.3 is 5.69 Å². The van der Waals surface area contributed by atoms with E-state index in [1.165, 1.54) is 10.8 Å². The van der Waals surface area contributed by atoms with Crippen LogP contribution >= 0.6 is 0 Å². The van der Waals surface area contributed by atoms with Crippen molar-refractivity contribution in [3.05, 3.63) is 38.2 Å². The minimum Gasteiger partial charge on any atom is -0.294 e. The molecule has 0 amide bonds. The van der Waals surface area contributed by atoms with Crippen molar-refractivity contribution < 1.29 is 4.79 Å². The number of Topliss-reactive ketones (excluding diaryl/α,β-unsaturated/α-hetero) is 1. The zero-order chi connectivity index (χ0) is 17.6. The fourth-order valence-corrected chi connectivity index (χ4v) is 3.42. The smallest absolute Gasteiger partial charge is 0.294 e. The number of hydrogen-bond donors (Lipinski definition) is 0. The highest BCUT2D eigenvalue weighted by Crippen LogP contribution is 2.36. The fourth-order valence-electron chi connectivity index (χ4n) is 3.42. The standard InChI is InChI=1S/C17H18N4O3/c1-4-20-14-13(15(23)21(6-5-18)16(20)24)10-7-17(2,3)8-12(22)11(10)9-19-14/h9H,4,6-8H2,1-3H3. The number of carbonyl (C=O) groups excluding carboxylic acids is 1. The van der Waals surface area contributed by atoms with Crippen molar-refractivity contribution in [2.45, 2.75) is 46.7 Å². The normalized spacial score (nSPS) is 16.0. The minimum atomic E-state index is -0.551. The molecule has 0 radical (unpaired) electrons. The lowest BCUT2D eigenvalue weighted by molar-refractivity contribution is 0.0912. The second-order valence-electron chi connectivity index (χ2n) is 6.87. The first kappa shape index (κ1) is 16.1. The summed E-state index contributed by atoms with van der Waals surface area (Å²) in [4.78, 5) is 41.9. The van der Waals surface area contributed by atoms with Crippen LogP contribution in [0.1, 0.15) is 43.1 Å². The number of ketones is 1. The van der Waals surface area contributed by atoms with Gasteiger partial charge in [0.05, 0.1) is 11.5 Å². The highest BCUT2D eigenvalue weighted by atomic mass is 16.2. The maximum Gasteiger partial charge on any atom is 0.333 e. The minimum absolute atomic E-state index is 0.0452. The molecule has 1 aliphatic carbocycles. The molecule has 2 aromatic rings. The topological polar surface area (TPSA) is 97.8 Å². The third-order valence-electron chi connectivity index (χ3n) is 4.48. The van der Waals surface area contributed by atoms with Crippen LogP contribution in [0.3, 0.4) is 0 Å². The Hall–Kier alpha value is -2.75. The number of hydrogen-bond acceptors (Lipinski definition) is 5. The molecule has 1 aliphatic rings. The van der Waals surface area contributed by atoms with Gasteiger partial charge in [0.2, 0.25) is 0 Å². The van der Waals surface area contributed by atoms with Gasteiger partial charge in [-0.15, -0.1) is 0 Å². The van der Waals surface area contributed by atoms with Gasteiger partial charge in [0.25, 0.3) is 5.56 Å². The Kier molecular flexibility index (Phi) is 3.63. The Morgan fingerprint density at radius 3 is 2.58 bits per heavy atom. The van der Waals surface area contributed by atoms with Gasteiger partial charge in [-0.1, -0.05) is 13.8 Å². The second kappa shape index (κ2) is 5.41. The van der Waals surface area contributed by atoms with Gasteiger partial charge in [-0.05, 0) is 24.3 Å². The van der Waals surface area contributed by atoms with Crippen LogP contribution in [-0.4, -0.2) is 19.9 Å². The molecular weight excluding hydrogens is 308 g/mol. The number of aromatic nitrogens is 3. The van der Waals surface area contributed by atoms with Crippen molar-refractivity contribution in [1.82, 2.24) is 14.1 Å². The van der Waals surface area contributed by atoms with E-state index < -0.39 is 11.2 Å². The molecule has 0 atom stereocenters. The average molecular weight is 326 g/mol. The predicted molar refractivity (Wildman–Crippen MR) is 88.0 cm³/mol. The van der Waals surface area contributed by atoms with Crippen LogP contribution in [0.2, 0.25) is 0 Å². The van der Waals surface area contributed by atoms with Crippen LogP contribution in [0, 0.1) is 16.7 Å². The molecular formula is C17H18N4O3. The summed E-state index contributed by atoms with van der Waals surface area (Å²) in [7, 11) is 0. The molecule has 0 spiro atoms. The average Bonchev–Trinajstić information content (AvgIpc) is 2.50. The van der Waals surface area contributed by atoms with Crippen LogP contribution in [0.5, 0.6) is 0 Å². The molecule has 124 valence electrons. The lowest BCUT2D eigenvalue weighted by atomic mass is 9.73. The van der Waals surface area contributed by atoms with Gasteiger partial charge in [-0.2, -0.15) is 5.26 Å². The monoisotopic (exact) mass is 326 g/mol. The number of fused-ring (bicyclic) bond motifs is 3. The van der Waals surface area contributed by atoms with E-state index in [9.17, 15) is 14.4 Å². The maximum absolute atomic E-state index is 12.8. The first-order chi connectivity index (χ1) is 11.3. The first-order valence-corrected chi connectivity index (χ1v) is 7.86. The largest absolute Gasteiger partial charge is 0.333 e. The summed E-state index contributed by atoms with van der Waals surface area (Å²) >= 11 is 0. The Morgan fingerprint density at radius 2 is 1.96 bits per heavy atom. The molecule has 2 heterocycles. The molecule has 0 aliphatic heterocycles. The Labute approximate surface area is 138 Å². The lowest BCUT2D eigenvalue weighted by Gasteiger charge is -2.30. The number of pyridine rings is 1. The third kappa shape index (κ3) is 2.26. The summed E-state index contributed by atoms with van der Waals surface area (Å²) in [6, 6.07) is 1.85. The summed E-state index contributed by atoms with van der Waals surface area (Å²) in [5.41, 5.74) is 0.00853. The van der Waals surface area contributed by atoms with E-state index >= 15 is 0 Å². The molecule has 0 saturated heterocycles. The molecule has 0 bridgehead atoms. The molecule has 0 saturated carbocycles. The van der Waals surface area contributed by atoms with Gasteiger partial charge < -0.3 is 0 Å². The highest BCUT2D eigenvalue weighted by Gasteiger charge is 2.34. The van der Waals surface area contributed by atoms with E-state index in [2.05, 4.69) is 4.98 Å². The quantitative estimate of drug-likeness (QED) is 0.827. The predicted octanol–water partition coefficient (Wildman–Crippen LogP) is 1.26. The van der Waals surface area contributed by atoms with E-state index in [0.717, 1.165) is 4.57 Å². The summed E-state index contributed by atoms with van der Waals surface area (Å²) in [5.74, 6) is -0.0452. The van der Waals surface area contributed by atoms with Crippen molar-refractivity contribution in [3.63, 3.8) is 0 Å². The van der Waals surface area contributed by atoms with Gasteiger partial charge in [-0.25, -0.2) is 14.3 Å². The SMILES string of the molecule is CCn1c(=O)n(CC#N)c(=O)c2c3c(cnc21)C(=O)CC(C)(C)C3. The third-order valence-corrected chi connectivity index (χ3v) is 4.48. The van der Waals surface area contributed by atoms with Crippen LogP contribution in [0.4, 0.5) is 0 Å². The Morgan fingerprint density at radius 1 is 1.25 bits per heavy atom. The highest BCUT2D eigenvalue weighted by molar-refractivity contribution is 6.02. The molecule has 24 heavy (non-hydrogen) atoms. The second-order valence-corrected chi connectivity index (χ2v) is 6.87. The summed E-state index contributed by atoms with van der Waals surface area (Å²) in [6.07, 6.45) is 2.42. The Bertz CT molecular complexity index is 1020. The first-order valence-electron chi connectivity index (χ1n) is 7.86. The zero-order valence-corrected chi connectivity index (χ0v) is 13.9. The van der Waals surface area contributed by atoms with E-state index in [-0.39, 0.29) is 28.8 Å².